The van der Waals surface area contributed by atoms with E-state index in [0.29, 0.717) is 18.4 Å². The first-order valence-electron chi connectivity index (χ1n) is 13.1. The van der Waals surface area contributed by atoms with E-state index in [-0.39, 0.29) is 0 Å². The van der Waals surface area contributed by atoms with E-state index in [4.69, 9.17) is 16.3 Å². The van der Waals surface area contributed by atoms with Gasteiger partial charge in [0.2, 0.25) is 0 Å². The molecule has 184 valence electrons. The van der Waals surface area contributed by atoms with E-state index in [0.717, 1.165) is 23.6 Å². The number of hydrogen-bond acceptors (Lipinski definition) is 1. The molecular formula is C35H31ClO. The van der Waals surface area contributed by atoms with Crippen molar-refractivity contribution in [3.63, 3.8) is 0 Å². The summed E-state index contributed by atoms with van der Waals surface area (Å²) >= 11 is 6.45. The lowest BCUT2D eigenvalue weighted by molar-refractivity contribution is 0.358. The van der Waals surface area contributed by atoms with Gasteiger partial charge < -0.3 is 4.74 Å². The average Bonchev–Trinajstić information content (AvgIpc) is 2.94. The smallest absolute Gasteiger partial charge is 0.126 e. The van der Waals surface area contributed by atoms with Gasteiger partial charge >= 0.3 is 0 Å². The molecule has 1 heterocycles. The maximum Gasteiger partial charge on any atom is 0.126 e. The predicted octanol–water partition coefficient (Wildman–Crippen LogP) is 7.95. The van der Waals surface area contributed by atoms with Crippen LogP contribution in [0.5, 0.6) is 5.75 Å². The maximum atomic E-state index is 6.45. The quantitative estimate of drug-likeness (QED) is 0.328. The number of para-hydroxylation sites is 1. The van der Waals surface area contributed by atoms with E-state index in [1.807, 2.05) is 42.5 Å². The SMILES string of the molecule is C1=Cc2ccccc2OC1.CC1=Cc2ccc3c(c2=CC1C)=CCC1=C3C=CC(c2ccccc2Cl)C1. The Balaban J connectivity index is 0.000000210. The van der Waals surface area contributed by atoms with Crippen LogP contribution in [0.4, 0.5) is 0 Å². The van der Waals surface area contributed by atoms with Crippen molar-refractivity contribution in [3.8, 4) is 5.75 Å². The Morgan fingerprint density at radius 3 is 2.59 bits per heavy atom. The lowest BCUT2D eigenvalue weighted by Crippen LogP contribution is -2.34. The highest BCUT2D eigenvalue weighted by atomic mass is 35.5. The molecule has 0 saturated carbocycles. The molecular weight excluding hydrogens is 472 g/mol. The maximum absolute atomic E-state index is 6.45. The Labute approximate surface area is 224 Å². The van der Waals surface area contributed by atoms with Gasteiger partial charge in [0.1, 0.15) is 12.4 Å². The molecule has 0 spiro atoms. The zero-order valence-corrected chi connectivity index (χ0v) is 22.1. The second-order valence-corrected chi connectivity index (χ2v) is 10.6. The van der Waals surface area contributed by atoms with Gasteiger partial charge in [0.15, 0.2) is 0 Å². The Hall–Kier alpha value is -3.55. The molecule has 0 radical (unpaired) electrons. The number of benzene rings is 3. The van der Waals surface area contributed by atoms with E-state index >= 15 is 0 Å². The molecule has 0 saturated heterocycles. The molecule has 4 aliphatic rings. The Morgan fingerprint density at radius 1 is 0.892 bits per heavy atom. The number of fused-ring (bicyclic) bond motifs is 5. The Bertz CT molecular complexity index is 1620. The third-order valence-electron chi connectivity index (χ3n) is 7.88. The van der Waals surface area contributed by atoms with Gasteiger partial charge in [0.25, 0.3) is 0 Å². The van der Waals surface area contributed by atoms with Crippen molar-refractivity contribution in [2.45, 2.75) is 32.6 Å². The van der Waals surface area contributed by atoms with Crippen LogP contribution in [-0.2, 0) is 0 Å². The van der Waals surface area contributed by atoms with Crippen molar-refractivity contribution in [3.05, 3.63) is 128 Å². The van der Waals surface area contributed by atoms with E-state index in [2.05, 4.69) is 74.6 Å². The minimum Gasteiger partial charge on any atom is -0.489 e. The first kappa shape index (κ1) is 23.8. The van der Waals surface area contributed by atoms with Crippen molar-refractivity contribution >= 4 is 41.5 Å². The highest BCUT2D eigenvalue weighted by Crippen LogP contribution is 2.39. The van der Waals surface area contributed by atoms with Gasteiger partial charge in [0.05, 0.1) is 0 Å². The summed E-state index contributed by atoms with van der Waals surface area (Å²) in [5.41, 5.74) is 9.56. The molecule has 7 rings (SSSR count). The lowest BCUT2D eigenvalue weighted by Gasteiger charge is -2.27. The molecule has 1 aliphatic heterocycles. The standard InChI is InChI=1S/C26H23Cl.C9H8O/c1-16-13-18-8-11-23-21-10-7-20(22-5-3-4-6-26(22)27)15-19(21)9-12-24(23)25(18)14-17(16)2;1-2-6-9-8(4-1)5-3-7-10-9/h3-8,10-14,17,20H,9,15H2,1-2H3;1-6H,7H2. The lowest BCUT2D eigenvalue weighted by atomic mass is 9.78. The van der Waals surface area contributed by atoms with Crippen LogP contribution in [0.1, 0.15) is 54.9 Å². The molecule has 3 aliphatic carbocycles. The van der Waals surface area contributed by atoms with Gasteiger partial charge in [-0.05, 0) is 76.6 Å². The average molecular weight is 503 g/mol. The molecule has 3 aromatic rings. The van der Waals surface area contributed by atoms with Crippen LogP contribution in [0.2, 0.25) is 5.02 Å². The van der Waals surface area contributed by atoms with Crippen LogP contribution in [0.3, 0.4) is 0 Å². The van der Waals surface area contributed by atoms with Crippen molar-refractivity contribution in [2.24, 2.45) is 5.92 Å². The molecule has 1 nitrogen and oxygen atoms in total. The van der Waals surface area contributed by atoms with E-state index in [1.54, 1.807) is 0 Å². The molecule has 0 N–H and O–H groups in total. The van der Waals surface area contributed by atoms with Crippen LogP contribution in [0, 0.1) is 5.92 Å². The molecule has 2 unspecified atom stereocenters. The number of ether oxygens (including phenoxy) is 1. The highest BCUT2D eigenvalue weighted by molar-refractivity contribution is 6.31. The van der Waals surface area contributed by atoms with E-state index in [1.165, 1.54) is 49.4 Å². The molecule has 2 atom stereocenters. The summed E-state index contributed by atoms with van der Waals surface area (Å²) in [5.74, 6) is 1.88. The summed E-state index contributed by atoms with van der Waals surface area (Å²) in [5, 5.41) is 3.71. The first-order chi connectivity index (χ1) is 18.1. The number of rotatable bonds is 1. The van der Waals surface area contributed by atoms with Gasteiger partial charge in [-0.15, -0.1) is 0 Å². The monoisotopic (exact) mass is 502 g/mol. The first-order valence-corrected chi connectivity index (χ1v) is 13.5. The molecule has 2 heteroatoms. The van der Waals surface area contributed by atoms with Crippen LogP contribution in [0.25, 0.3) is 29.9 Å². The minimum absolute atomic E-state index is 0.377. The number of allylic oxidation sites excluding steroid dienone is 5. The van der Waals surface area contributed by atoms with Gasteiger partial charge in [0, 0.05) is 16.5 Å². The second-order valence-electron chi connectivity index (χ2n) is 10.2. The summed E-state index contributed by atoms with van der Waals surface area (Å²) < 4.78 is 5.34. The van der Waals surface area contributed by atoms with E-state index < -0.39 is 0 Å². The summed E-state index contributed by atoms with van der Waals surface area (Å²) in [7, 11) is 0. The fraction of sp³-hybridized carbons (Fsp3) is 0.200. The van der Waals surface area contributed by atoms with E-state index in [9.17, 15) is 0 Å². The second kappa shape index (κ2) is 10.1. The van der Waals surface area contributed by atoms with Gasteiger partial charge in [-0.1, -0.05) is 115 Å². The van der Waals surface area contributed by atoms with Gasteiger partial charge in [-0.25, -0.2) is 0 Å². The molecule has 0 fully saturated rings. The fourth-order valence-corrected chi connectivity index (χ4v) is 5.98. The summed E-state index contributed by atoms with van der Waals surface area (Å²) in [6, 6.07) is 20.9. The third-order valence-corrected chi connectivity index (χ3v) is 8.22. The summed E-state index contributed by atoms with van der Waals surface area (Å²) in [4.78, 5) is 0. The highest BCUT2D eigenvalue weighted by Gasteiger charge is 2.23. The molecule has 0 aromatic heterocycles. The molecule has 0 bridgehead atoms. The molecule has 0 amide bonds. The fourth-order valence-electron chi connectivity index (χ4n) is 5.70. The topological polar surface area (TPSA) is 9.23 Å². The summed E-state index contributed by atoms with van der Waals surface area (Å²) in [6.07, 6.45) is 18.1. The predicted molar refractivity (Wildman–Crippen MR) is 158 cm³/mol. The summed E-state index contributed by atoms with van der Waals surface area (Å²) in [6.45, 7) is 5.22. The normalized spacial score (nSPS) is 20.5. The van der Waals surface area contributed by atoms with Crippen LogP contribution in [-0.4, -0.2) is 6.61 Å². The van der Waals surface area contributed by atoms with Crippen LogP contribution < -0.4 is 15.2 Å². The van der Waals surface area contributed by atoms with Crippen molar-refractivity contribution in [2.75, 3.05) is 6.61 Å². The Kier molecular flexibility index (Phi) is 6.49. The number of hydrogen-bond donors (Lipinski definition) is 0. The molecule has 37 heavy (non-hydrogen) atoms. The largest absolute Gasteiger partial charge is 0.489 e. The van der Waals surface area contributed by atoms with Gasteiger partial charge in [-0.2, -0.15) is 0 Å². The zero-order chi connectivity index (χ0) is 25.4. The Morgan fingerprint density at radius 2 is 1.73 bits per heavy atom. The minimum atomic E-state index is 0.377. The van der Waals surface area contributed by atoms with Crippen LogP contribution >= 0.6 is 11.6 Å². The van der Waals surface area contributed by atoms with Gasteiger partial charge in [-0.3, -0.25) is 0 Å². The third kappa shape index (κ3) is 4.65. The van der Waals surface area contributed by atoms with Crippen molar-refractivity contribution in [1.29, 1.82) is 0 Å². The van der Waals surface area contributed by atoms with Crippen molar-refractivity contribution < 1.29 is 4.74 Å². The van der Waals surface area contributed by atoms with Crippen LogP contribution in [0.15, 0.2) is 90.0 Å². The molecule has 3 aromatic carbocycles. The number of halogens is 1. The van der Waals surface area contributed by atoms with Crippen molar-refractivity contribution in [1.82, 2.24) is 0 Å². The zero-order valence-electron chi connectivity index (χ0n) is 21.4.